The molecule has 0 saturated carbocycles. The number of nitrogens with zero attached hydrogens (tertiary/aromatic N) is 2. The minimum atomic E-state index is -0.666. The first-order chi connectivity index (χ1) is 11.9. The number of carbonyl (C=O) groups excluding carboxylic acids is 1. The summed E-state index contributed by atoms with van der Waals surface area (Å²) in [5.74, 6) is 0.191. The van der Waals surface area contributed by atoms with Crippen LogP contribution in [0.1, 0.15) is 30.1 Å². The van der Waals surface area contributed by atoms with E-state index in [1.54, 1.807) is 11.0 Å². The highest BCUT2D eigenvalue weighted by Crippen LogP contribution is 2.38. The summed E-state index contributed by atoms with van der Waals surface area (Å²) >= 11 is 11.8. The van der Waals surface area contributed by atoms with Crippen molar-refractivity contribution in [3.63, 3.8) is 0 Å². The summed E-state index contributed by atoms with van der Waals surface area (Å²) in [6.45, 7) is 6.67. The van der Waals surface area contributed by atoms with Gasteiger partial charge in [-0.15, -0.1) is 0 Å². The number of hydrogen-bond donors (Lipinski definition) is 0. The zero-order valence-corrected chi connectivity index (χ0v) is 15.2. The van der Waals surface area contributed by atoms with E-state index in [4.69, 9.17) is 27.7 Å². The van der Waals surface area contributed by atoms with Crippen molar-refractivity contribution in [3.8, 4) is 11.3 Å². The summed E-state index contributed by atoms with van der Waals surface area (Å²) in [7, 11) is 0. The molecule has 1 aromatic heterocycles. The number of aromatic nitrogens is 1. The maximum Gasteiger partial charge on any atom is 0.245 e. The molecular formula is C18H17Cl2FN2O2. The molecule has 132 valence electrons. The van der Waals surface area contributed by atoms with Crippen LogP contribution in [-0.4, -0.2) is 29.1 Å². The molecule has 7 heteroatoms. The van der Waals surface area contributed by atoms with Crippen molar-refractivity contribution < 1.29 is 13.7 Å². The summed E-state index contributed by atoms with van der Waals surface area (Å²) in [6, 6.07) is 3.08. The molecule has 0 unspecified atom stereocenters. The molecule has 2 heterocycles. The first-order valence-corrected chi connectivity index (χ1v) is 8.71. The van der Waals surface area contributed by atoms with Gasteiger partial charge >= 0.3 is 0 Å². The summed E-state index contributed by atoms with van der Waals surface area (Å²) < 4.78 is 19.5. The van der Waals surface area contributed by atoms with Gasteiger partial charge in [-0.1, -0.05) is 34.9 Å². The van der Waals surface area contributed by atoms with E-state index in [1.165, 1.54) is 12.1 Å². The van der Waals surface area contributed by atoms with Crippen LogP contribution in [0.15, 0.2) is 29.3 Å². The van der Waals surface area contributed by atoms with Gasteiger partial charge in [0.2, 0.25) is 5.91 Å². The molecule has 1 aliphatic rings. The average molecular weight is 383 g/mol. The summed E-state index contributed by atoms with van der Waals surface area (Å²) in [6.07, 6.45) is 2.88. The van der Waals surface area contributed by atoms with Gasteiger partial charge in [0.1, 0.15) is 11.5 Å². The van der Waals surface area contributed by atoms with Gasteiger partial charge in [0.15, 0.2) is 5.82 Å². The molecule has 1 aliphatic heterocycles. The third-order valence-corrected chi connectivity index (χ3v) is 5.26. The highest BCUT2D eigenvalue weighted by atomic mass is 35.5. The second-order valence-corrected chi connectivity index (χ2v) is 6.83. The lowest BCUT2D eigenvalue weighted by Crippen LogP contribution is -2.36. The lowest BCUT2D eigenvalue weighted by Gasteiger charge is -2.30. The van der Waals surface area contributed by atoms with Gasteiger partial charge in [-0.25, -0.2) is 4.39 Å². The van der Waals surface area contributed by atoms with Crippen LogP contribution in [-0.2, 0) is 4.79 Å². The average Bonchev–Trinajstić information content (AvgIpc) is 3.00. The molecule has 3 rings (SSSR count). The highest BCUT2D eigenvalue weighted by molar-refractivity contribution is 6.36. The topological polar surface area (TPSA) is 46.3 Å². The Morgan fingerprint density at radius 3 is 2.72 bits per heavy atom. The fourth-order valence-corrected chi connectivity index (χ4v) is 3.64. The van der Waals surface area contributed by atoms with Crippen LogP contribution in [0, 0.1) is 12.7 Å². The van der Waals surface area contributed by atoms with E-state index in [0.717, 1.165) is 24.2 Å². The Hall–Kier alpha value is -1.85. The van der Waals surface area contributed by atoms with Crippen molar-refractivity contribution in [1.29, 1.82) is 0 Å². The van der Waals surface area contributed by atoms with E-state index >= 15 is 0 Å². The Labute approximate surface area is 155 Å². The van der Waals surface area contributed by atoms with Crippen LogP contribution in [0.2, 0.25) is 10.0 Å². The van der Waals surface area contributed by atoms with Gasteiger partial charge in [0, 0.05) is 30.1 Å². The monoisotopic (exact) mass is 382 g/mol. The lowest BCUT2D eigenvalue weighted by molar-refractivity contribution is -0.127. The predicted octanol–water partition coefficient (Wildman–Crippen LogP) is 4.99. The number of amides is 1. The third-order valence-electron chi connectivity index (χ3n) is 4.60. The van der Waals surface area contributed by atoms with E-state index in [9.17, 15) is 9.18 Å². The number of rotatable bonds is 3. The quantitative estimate of drug-likeness (QED) is 0.554. The van der Waals surface area contributed by atoms with Crippen molar-refractivity contribution in [1.82, 2.24) is 10.1 Å². The second kappa shape index (κ2) is 7.18. The second-order valence-electron chi connectivity index (χ2n) is 6.05. The molecule has 0 aliphatic carbocycles. The molecule has 0 spiro atoms. The molecule has 2 aromatic rings. The van der Waals surface area contributed by atoms with Gasteiger partial charge in [-0.2, -0.15) is 0 Å². The SMILES string of the molecule is C=CC(=O)N1CCC(c2onc(-c3ccc(Cl)c(F)c3Cl)c2C)CC1. The third kappa shape index (κ3) is 3.31. The van der Waals surface area contributed by atoms with Gasteiger partial charge in [-0.3, -0.25) is 4.79 Å². The zero-order chi connectivity index (χ0) is 18.1. The van der Waals surface area contributed by atoms with Gasteiger partial charge in [0.25, 0.3) is 0 Å². The molecular weight excluding hydrogens is 366 g/mol. The molecule has 4 nitrogen and oxygen atoms in total. The molecule has 1 saturated heterocycles. The van der Waals surface area contributed by atoms with Crippen LogP contribution in [0.5, 0.6) is 0 Å². The fraction of sp³-hybridized carbons (Fsp3) is 0.333. The fourth-order valence-electron chi connectivity index (χ4n) is 3.18. The van der Waals surface area contributed by atoms with Crippen molar-refractivity contribution in [2.75, 3.05) is 13.1 Å². The van der Waals surface area contributed by atoms with Gasteiger partial charge in [0.05, 0.1) is 10.0 Å². The van der Waals surface area contributed by atoms with E-state index < -0.39 is 5.82 Å². The lowest BCUT2D eigenvalue weighted by atomic mass is 9.91. The first-order valence-electron chi connectivity index (χ1n) is 7.95. The minimum absolute atomic E-state index is 0.0330. The maximum absolute atomic E-state index is 14.0. The minimum Gasteiger partial charge on any atom is -0.360 e. The molecule has 0 N–H and O–H groups in total. The number of halogens is 3. The summed E-state index contributed by atoms with van der Waals surface area (Å²) in [5, 5.41) is 4.00. The molecule has 1 amide bonds. The largest absolute Gasteiger partial charge is 0.360 e. The Balaban J connectivity index is 1.84. The van der Waals surface area contributed by atoms with E-state index in [1.807, 2.05) is 6.92 Å². The van der Waals surface area contributed by atoms with Crippen LogP contribution in [0.3, 0.4) is 0 Å². The van der Waals surface area contributed by atoms with E-state index in [-0.39, 0.29) is 21.9 Å². The Kier molecular flexibility index (Phi) is 5.16. The van der Waals surface area contributed by atoms with Crippen LogP contribution in [0.25, 0.3) is 11.3 Å². The zero-order valence-electron chi connectivity index (χ0n) is 13.7. The highest BCUT2D eigenvalue weighted by Gasteiger charge is 2.28. The Morgan fingerprint density at radius 1 is 1.40 bits per heavy atom. The van der Waals surface area contributed by atoms with Gasteiger partial charge < -0.3 is 9.42 Å². The number of benzene rings is 1. The molecule has 1 aromatic carbocycles. The molecule has 0 radical (unpaired) electrons. The summed E-state index contributed by atoms with van der Waals surface area (Å²) in [5.41, 5.74) is 1.80. The first kappa shape index (κ1) is 18.0. The van der Waals surface area contributed by atoms with Crippen molar-refractivity contribution >= 4 is 29.1 Å². The normalized spacial score (nSPS) is 15.4. The standard InChI is InChI=1S/C18H17Cl2FN2O2/c1-3-14(24)23-8-6-11(7-9-23)18-10(2)17(22-25-18)12-4-5-13(19)16(21)15(12)20/h3-5,11H,1,6-9H2,2H3. The smallest absolute Gasteiger partial charge is 0.245 e. The van der Waals surface area contributed by atoms with Crippen LogP contribution < -0.4 is 0 Å². The number of piperidine rings is 1. The maximum atomic E-state index is 14.0. The van der Waals surface area contributed by atoms with Gasteiger partial charge in [-0.05, 0) is 38.0 Å². The Bertz CT molecular complexity index is 827. The van der Waals surface area contributed by atoms with Crippen molar-refractivity contribution in [3.05, 3.63) is 52.0 Å². The van der Waals surface area contributed by atoms with E-state index in [0.29, 0.717) is 24.3 Å². The van der Waals surface area contributed by atoms with Crippen molar-refractivity contribution in [2.45, 2.75) is 25.7 Å². The Morgan fingerprint density at radius 2 is 2.08 bits per heavy atom. The molecule has 25 heavy (non-hydrogen) atoms. The summed E-state index contributed by atoms with van der Waals surface area (Å²) in [4.78, 5) is 13.4. The molecule has 1 fully saturated rings. The van der Waals surface area contributed by atoms with Crippen LogP contribution >= 0.6 is 23.2 Å². The molecule has 0 atom stereocenters. The van der Waals surface area contributed by atoms with Crippen LogP contribution in [0.4, 0.5) is 4.39 Å². The number of hydrogen-bond acceptors (Lipinski definition) is 3. The predicted molar refractivity (Wildman–Crippen MR) is 95.4 cm³/mol. The van der Waals surface area contributed by atoms with E-state index in [2.05, 4.69) is 11.7 Å². The number of carbonyl (C=O) groups is 1. The number of likely N-dealkylation sites (tertiary alicyclic amines) is 1. The molecule has 0 bridgehead atoms. The van der Waals surface area contributed by atoms with Crippen molar-refractivity contribution in [2.24, 2.45) is 0 Å².